The quantitative estimate of drug-likeness (QED) is 0.911. The molecule has 0 fully saturated rings. The fourth-order valence-electron chi connectivity index (χ4n) is 2.21. The van der Waals surface area contributed by atoms with E-state index in [1.807, 2.05) is 18.4 Å². The average molecular weight is 310 g/mol. The molecular formula is C14H18N2O4S. The Balaban J connectivity index is 2.55. The van der Waals surface area contributed by atoms with Gasteiger partial charge in [-0.25, -0.2) is 18.2 Å². The molecule has 1 aromatic heterocycles. The van der Waals surface area contributed by atoms with Gasteiger partial charge < -0.3 is 9.67 Å². The van der Waals surface area contributed by atoms with E-state index in [9.17, 15) is 13.2 Å². The Labute approximate surface area is 123 Å². The summed E-state index contributed by atoms with van der Waals surface area (Å²) in [6.07, 6.45) is 1.20. The number of carbonyl (C=O) groups is 1. The van der Waals surface area contributed by atoms with Crippen molar-refractivity contribution in [3.63, 3.8) is 0 Å². The van der Waals surface area contributed by atoms with Gasteiger partial charge in [-0.05, 0) is 18.2 Å². The van der Waals surface area contributed by atoms with Gasteiger partial charge in [0.1, 0.15) is 15.7 Å². The van der Waals surface area contributed by atoms with Gasteiger partial charge in [0.2, 0.25) is 0 Å². The van der Waals surface area contributed by atoms with Gasteiger partial charge in [0, 0.05) is 18.7 Å². The number of nitrogens with zero attached hydrogens (tertiary/aromatic N) is 2. The van der Waals surface area contributed by atoms with E-state index in [2.05, 4.69) is 4.98 Å². The van der Waals surface area contributed by atoms with Crippen molar-refractivity contribution in [1.82, 2.24) is 9.55 Å². The summed E-state index contributed by atoms with van der Waals surface area (Å²) in [5.74, 6) is -0.103. The highest BCUT2D eigenvalue weighted by molar-refractivity contribution is 7.90. The first kappa shape index (κ1) is 15.5. The summed E-state index contributed by atoms with van der Waals surface area (Å²) in [6, 6.07) is 4.70. The van der Waals surface area contributed by atoms with E-state index in [1.165, 1.54) is 18.4 Å². The summed E-state index contributed by atoms with van der Waals surface area (Å²) in [6.45, 7) is 4.25. The van der Waals surface area contributed by atoms with Crippen LogP contribution in [0.5, 0.6) is 0 Å². The van der Waals surface area contributed by atoms with Crippen LogP contribution >= 0.6 is 0 Å². The maximum absolute atomic E-state index is 11.4. The molecular weight excluding hydrogens is 292 g/mol. The van der Waals surface area contributed by atoms with E-state index in [-0.39, 0.29) is 17.2 Å². The summed E-state index contributed by atoms with van der Waals surface area (Å²) < 4.78 is 24.6. The summed E-state index contributed by atoms with van der Waals surface area (Å²) in [4.78, 5) is 15.5. The van der Waals surface area contributed by atoms with Crippen LogP contribution in [0.1, 0.15) is 35.9 Å². The normalized spacial score (nSPS) is 12.2. The van der Waals surface area contributed by atoms with Gasteiger partial charge in [-0.3, -0.25) is 0 Å². The summed E-state index contributed by atoms with van der Waals surface area (Å²) in [5.41, 5.74) is 1.50. The minimum absolute atomic E-state index is 0.0266. The lowest BCUT2D eigenvalue weighted by molar-refractivity contribution is 0.0697. The van der Waals surface area contributed by atoms with E-state index in [4.69, 9.17) is 5.11 Å². The second kappa shape index (κ2) is 5.48. The molecule has 7 heteroatoms. The first-order valence-electron chi connectivity index (χ1n) is 6.60. The Morgan fingerprint density at radius 2 is 2.05 bits per heavy atom. The largest absolute Gasteiger partial charge is 0.478 e. The molecule has 0 aliphatic heterocycles. The van der Waals surface area contributed by atoms with Gasteiger partial charge in [0.15, 0.2) is 0 Å². The van der Waals surface area contributed by atoms with E-state index in [0.29, 0.717) is 12.1 Å². The van der Waals surface area contributed by atoms with Crippen molar-refractivity contribution in [3.8, 4) is 0 Å². The third kappa shape index (κ3) is 3.41. The number of rotatable bonds is 5. The summed E-state index contributed by atoms with van der Waals surface area (Å²) in [7, 11) is -3.08. The Morgan fingerprint density at radius 1 is 1.38 bits per heavy atom. The lowest BCUT2D eigenvalue weighted by atomic mass is 10.2. The molecule has 0 amide bonds. The van der Waals surface area contributed by atoms with Gasteiger partial charge in [0.25, 0.3) is 0 Å². The SMILES string of the molecule is CC(C)c1nc2cc(C(=O)O)ccc2n1CCS(C)(=O)=O. The number of aromatic nitrogens is 2. The maximum Gasteiger partial charge on any atom is 0.335 e. The van der Waals surface area contributed by atoms with Crippen LogP contribution in [0.15, 0.2) is 18.2 Å². The van der Waals surface area contributed by atoms with Crippen LogP contribution in [-0.2, 0) is 16.4 Å². The molecule has 0 aliphatic carbocycles. The number of fused-ring (bicyclic) bond motifs is 1. The predicted octanol–water partition coefficient (Wildman–Crippen LogP) is 1.90. The number of aromatic carboxylic acids is 1. The number of aryl methyl sites for hydroxylation is 1. The van der Waals surface area contributed by atoms with Gasteiger partial charge >= 0.3 is 5.97 Å². The van der Waals surface area contributed by atoms with Crippen LogP contribution < -0.4 is 0 Å². The molecule has 1 N–H and O–H groups in total. The van der Waals surface area contributed by atoms with E-state index >= 15 is 0 Å². The highest BCUT2D eigenvalue weighted by atomic mass is 32.2. The number of carboxylic acids is 1. The van der Waals surface area contributed by atoms with Gasteiger partial charge in [-0.2, -0.15) is 0 Å². The number of hydrogen-bond donors (Lipinski definition) is 1. The highest BCUT2D eigenvalue weighted by Gasteiger charge is 2.16. The third-order valence-corrected chi connectivity index (χ3v) is 4.15. The molecule has 1 aromatic carbocycles. The molecule has 0 saturated heterocycles. The molecule has 0 radical (unpaired) electrons. The van der Waals surface area contributed by atoms with Gasteiger partial charge in [-0.1, -0.05) is 13.8 Å². The van der Waals surface area contributed by atoms with Crippen molar-refractivity contribution in [3.05, 3.63) is 29.6 Å². The van der Waals surface area contributed by atoms with E-state index in [1.54, 1.807) is 6.07 Å². The molecule has 0 atom stereocenters. The van der Waals surface area contributed by atoms with Crippen molar-refractivity contribution in [2.45, 2.75) is 26.3 Å². The van der Waals surface area contributed by atoms with Crippen LogP contribution in [0.3, 0.4) is 0 Å². The first-order valence-corrected chi connectivity index (χ1v) is 8.66. The zero-order chi connectivity index (χ0) is 15.8. The standard InChI is InChI=1S/C14H18N2O4S/c1-9(2)13-15-11-8-10(14(17)18)4-5-12(11)16(13)6-7-21(3,19)20/h4-5,8-9H,6-7H2,1-3H3,(H,17,18). The second-order valence-corrected chi connectivity index (χ2v) is 7.67. The topological polar surface area (TPSA) is 89.3 Å². The van der Waals surface area contributed by atoms with Gasteiger partial charge in [0.05, 0.1) is 22.3 Å². The number of sulfone groups is 1. The number of imidazole rings is 1. The minimum Gasteiger partial charge on any atom is -0.478 e. The molecule has 2 aromatic rings. The maximum atomic E-state index is 11.4. The number of carboxylic acid groups (broad SMARTS) is 1. The molecule has 21 heavy (non-hydrogen) atoms. The molecule has 1 heterocycles. The zero-order valence-electron chi connectivity index (χ0n) is 12.2. The summed E-state index contributed by atoms with van der Waals surface area (Å²) in [5, 5.41) is 9.03. The molecule has 0 spiro atoms. The van der Waals surface area contributed by atoms with Gasteiger partial charge in [-0.15, -0.1) is 0 Å². The molecule has 0 saturated carbocycles. The van der Waals surface area contributed by atoms with Crippen LogP contribution in [0.2, 0.25) is 0 Å². The molecule has 6 nitrogen and oxygen atoms in total. The fraction of sp³-hybridized carbons (Fsp3) is 0.429. The molecule has 114 valence electrons. The van der Waals surface area contributed by atoms with Crippen molar-refractivity contribution < 1.29 is 18.3 Å². The highest BCUT2D eigenvalue weighted by Crippen LogP contribution is 2.23. The van der Waals surface area contributed by atoms with E-state index < -0.39 is 15.8 Å². The van der Waals surface area contributed by atoms with Crippen molar-refractivity contribution in [2.75, 3.05) is 12.0 Å². The fourth-order valence-corrected chi connectivity index (χ4v) is 2.73. The molecule has 2 rings (SSSR count). The lowest BCUT2D eigenvalue weighted by Crippen LogP contribution is -2.14. The molecule has 0 unspecified atom stereocenters. The Hall–Kier alpha value is -1.89. The van der Waals surface area contributed by atoms with Crippen LogP contribution in [0, 0.1) is 0 Å². The van der Waals surface area contributed by atoms with Crippen LogP contribution in [0.4, 0.5) is 0 Å². The van der Waals surface area contributed by atoms with Crippen LogP contribution in [0.25, 0.3) is 11.0 Å². The first-order chi connectivity index (χ1) is 9.69. The van der Waals surface area contributed by atoms with Crippen molar-refractivity contribution >= 4 is 26.8 Å². The van der Waals surface area contributed by atoms with Crippen LogP contribution in [-0.4, -0.2) is 41.1 Å². The Bertz CT molecular complexity index is 791. The smallest absolute Gasteiger partial charge is 0.335 e. The Kier molecular flexibility index (Phi) is 4.04. The van der Waals surface area contributed by atoms with Crippen molar-refractivity contribution in [1.29, 1.82) is 0 Å². The lowest BCUT2D eigenvalue weighted by Gasteiger charge is -2.10. The summed E-state index contributed by atoms with van der Waals surface area (Å²) >= 11 is 0. The molecule has 0 bridgehead atoms. The monoisotopic (exact) mass is 310 g/mol. The minimum atomic E-state index is -3.08. The Morgan fingerprint density at radius 3 is 2.57 bits per heavy atom. The average Bonchev–Trinajstić information content (AvgIpc) is 2.73. The van der Waals surface area contributed by atoms with Crippen molar-refractivity contribution in [2.24, 2.45) is 0 Å². The second-order valence-electron chi connectivity index (χ2n) is 5.41. The van der Waals surface area contributed by atoms with E-state index in [0.717, 1.165) is 11.3 Å². The molecule has 0 aliphatic rings. The number of hydrogen-bond acceptors (Lipinski definition) is 4. The zero-order valence-corrected chi connectivity index (χ0v) is 13.0. The third-order valence-electron chi connectivity index (χ3n) is 3.23. The number of benzene rings is 1. The predicted molar refractivity (Wildman–Crippen MR) is 80.5 cm³/mol.